The van der Waals surface area contributed by atoms with Crippen LogP contribution in [0.25, 0.3) is 0 Å². The van der Waals surface area contributed by atoms with Gasteiger partial charge in [0, 0.05) is 56.5 Å². The second kappa shape index (κ2) is 8.65. The minimum Gasteiger partial charge on any atom is -0.459 e. The molecule has 6 aliphatic rings. The summed E-state index contributed by atoms with van der Waals surface area (Å²) >= 11 is 0. The quantitative estimate of drug-likeness (QED) is 0.436. The molecule has 0 amide bonds. The Kier molecular flexibility index (Phi) is 5.75. The predicted octanol–water partition coefficient (Wildman–Crippen LogP) is 4.06. The van der Waals surface area contributed by atoms with Gasteiger partial charge in [-0.05, 0) is 86.8 Å². The summed E-state index contributed by atoms with van der Waals surface area (Å²) < 4.78 is 18.1. The second-order valence-corrected chi connectivity index (χ2v) is 14.0. The van der Waals surface area contributed by atoms with Crippen LogP contribution in [0.3, 0.4) is 0 Å². The molecule has 1 spiro atoms. The van der Waals surface area contributed by atoms with Crippen molar-refractivity contribution in [2.24, 2.45) is 28.6 Å². The average Bonchev–Trinajstić information content (AvgIpc) is 3.59. The Morgan fingerprint density at radius 3 is 2.53 bits per heavy atom. The smallest absolute Gasteiger partial charge is 0.335 e. The van der Waals surface area contributed by atoms with Gasteiger partial charge >= 0.3 is 11.6 Å². The van der Waals surface area contributed by atoms with Crippen LogP contribution in [0, 0.1) is 28.6 Å². The highest BCUT2D eigenvalue weighted by atomic mass is 16.7. The summed E-state index contributed by atoms with van der Waals surface area (Å²) in [6.45, 7) is 11.3. The topological polar surface area (TPSA) is 75.5 Å². The summed E-state index contributed by atoms with van der Waals surface area (Å²) in [5.41, 5.74) is 0.560. The molecule has 38 heavy (non-hydrogen) atoms. The van der Waals surface area contributed by atoms with Crippen LogP contribution in [0.1, 0.15) is 77.2 Å². The van der Waals surface area contributed by atoms with Crippen LogP contribution in [0.15, 0.2) is 27.6 Å². The molecule has 0 bridgehead atoms. The van der Waals surface area contributed by atoms with Gasteiger partial charge in [0.05, 0.1) is 6.26 Å². The largest absolute Gasteiger partial charge is 0.459 e. The van der Waals surface area contributed by atoms with Crippen molar-refractivity contribution in [1.82, 2.24) is 9.80 Å². The Labute approximate surface area is 226 Å². The molecule has 1 aromatic rings. The predicted molar refractivity (Wildman–Crippen MR) is 143 cm³/mol. The molecule has 0 unspecified atom stereocenters. The molecule has 10 atom stereocenters. The van der Waals surface area contributed by atoms with Gasteiger partial charge in [-0.2, -0.15) is 0 Å². The average molecular weight is 525 g/mol. The lowest BCUT2D eigenvalue weighted by atomic mass is 9.44. The number of likely N-dealkylation sites (N-methyl/N-ethyl adjacent to an activating group) is 1. The van der Waals surface area contributed by atoms with Crippen LogP contribution < -0.4 is 5.63 Å². The van der Waals surface area contributed by atoms with Gasteiger partial charge in [-0.1, -0.05) is 13.8 Å². The number of rotatable bonds is 3. The number of epoxide rings is 1. The molecule has 4 saturated carbocycles. The van der Waals surface area contributed by atoms with E-state index >= 15 is 0 Å². The first-order valence-electron chi connectivity index (χ1n) is 15.0. The van der Waals surface area contributed by atoms with Crippen molar-refractivity contribution >= 4 is 5.97 Å². The number of nitrogens with zero attached hydrogens (tertiary/aromatic N) is 2. The van der Waals surface area contributed by atoms with Gasteiger partial charge in [0.2, 0.25) is 0 Å². The van der Waals surface area contributed by atoms with E-state index in [1.54, 1.807) is 6.26 Å². The number of carbonyl (C=O) groups excluding carboxylic acids is 1. The zero-order valence-corrected chi connectivity index (χ0v) is 23.5. The third-order valence-corrected chi connectivity index (χ3v) is 12.5. The Morgan fingerprint density at radius 2 is 1.82 bits per heavy atom. The highest BCUT2D eigenvalue weighted by molar-refractivity contribution is 5.66. The van der Waals surface area contributed by atoms with Crippen LogP contribution in [0.2, 0.25) is 0 Å². The molecule has 0 N–H and O–H groups in total. The lowest BCUT2D eigenvalue weighted by Gasteiger charge is -2.61. The molecule has 7 heteroatoms. The van der Waals surface area contributed by atoms with E-state index in [1.807, 2.05) is 6.07 Å². The maximum atomic E-state index is 12.2. The molecule has 0 radical (unpaired) electrons. The molecule has 2 saturated heterocycles. The molecule has 3 heterocycles. The summed E-state index contributed by atoms with van der Waals surface area (Å²) in [4.78, 5) is 29.2. The maximum absolute atomic E-state index is 12.2. The molecule has 0 aromatic carbocycles. The normalized spacial score (nSPS) is 48.4. The van der Waals surface area contributed by atoms with E-state index < -0.39 is 0 Å². The van der Waals surface area contributed by atoms with E-state index in [-0.39, 0.29) is 40.7 Å². The third kappa shape index (κ3) is 3.43. The van der Waals surface area contributed by atoms with Crippen molar-refractivity contribution in [3.05, 3.63) is 34.4 Å². The SMILES string of the molecule is CC(=O)O[C@H]1[C@H]2O[C@]23[C@@H]2CC[C@@H]4C[C@@H](N5CCN(C)CC5)CC[C@]4(C)[C@H]2CC[C@]3(C)[C@H]1c1ccc(=O)oc1. The molecule has 7 rings (SSSR count). The van der Waals surface area contributed by atoms with E-state index in [1.165, 1.54) is 77.7 Å². The zero-order chi connectivity index (χ0) is 26.4. The van der Waals surface area contributed by atoms with E-state index in [0.29, 0.717) is 17.3 Å². The van der Waals surface area contributed by atoms with Crippen molar-refractivity contribution < 1.29 is 18.7 Å². The Morgan fingerprint density at radius 1 is 1.03 bits per heavy atom. The van der Waals surface area contributed by atoms with Crippen molar-refractivity contribution in [3.63, 3.8) is 0 Å². The molecule has 1 aromatic heterocycles. The molecule has 4 aliphatic carbocycles. The van der Waals surface area contributed by atoms with E-state index in [2.05, 4.69) is 30.7 Å². The van der Waals surface area contributed by atoms with Gasteiger partial charge in [0.25, 0.3) is 0 Å². The number of esters is 1. The molecular formula is C31H44N2O5. The van der Waals surface area contributed by atoms with Crippen LogP contribution >= 0.6 is 0 Å². The van der Waals surface area contributed by atoms with Crippen LogP contribution in [-0.4, -0.2) is 72.8 Å². The van der Waals surface area contributed by atoms with Gasteiger partial charge in [-0.25, -0.2) is 4.79 Å². The van der Waals surface area contributed by atoms with Crippen molar-refractivity contribution in [3.8, 4) is 0 Å². The van der Waals surface area contributed by atoms with E-state index in [9.17, 15) is 9.59 Å². The molecular weight excluding hydrogens is 480 g/mol. The van der Waals surface area contributed by atoms with Crippen LogP contribution in [0.4, 0.5) is 0 Å². The van der Waals surface area contributed by atoms with Gasteiger partial charge in [-0.3, -0.25) is 9.69 Å². The Balaban J connectivity index is 1.17. The minimum absolute atomic E-state index is 0.0195. The van der Waals surface area contributed by atoms with Gasteiger partial charge in [-0.15, -0.1) is 0 Å². The first-order valence-corrected chi connectivity index (χ1v) is 15.0. The van der Waals surface area contributed by atoms with E-state index in [0.717, 1.165) is 23.9 Å². The Bertz CT molecular complexity index is 1140. The molecule has 7 nitrogen and oxygen atoms in total. The summed E-state index contributed by atoms with van der Waals surface area (Å²) in [5.74, 6) is 1.64. The number of carbonyl (C=O) groups is 1. The highest BCUT2D eigenvalue weighted by Gasteiger charge is 2.84. The zero-order valence-electron chi connectivity index (χ0n) is 23.5. The number of ether oxygens (including phenoxy) is 2. The summed E-state index contributed by atoms with van der Waals surface area (Å²) in [7, 11) is 2.24. The summed E-state index contributed by atoms with van der Waals surface area (Å²) in [6, 6.07) is 4.12. The van der Waals surface area contributed by atoms with Gasteiger partial charge in [0.1, 0.15) is 17.8 Å². The number of piperazine rings is 1. The minimum atomic E-state index is -0.348. The highest BCUT2D eigenvalue weighted by Crippen LogP contribution is 2.78. The maximum Gasteiger partial charge on any atom is 0.335 e. The fourth-order valence-corrected chi connectivity index (χ4v) is 10.6. The molecule has 6 fully saturated rings. The first-order chi connectivity index (χ1) is 18.2. The van der Waals surface area contributed by atoms with Crippen LogP contribution in [0.5, 0.6) is 0 Å². The van der Waals surface area contributed by atoms with Crippen molar-refractivity contribution in [2.45, 2.75) is 95.5 Å². The number of fused-ring (bicyclic) bond motifs is 3. The van der Waals surface area contributed by atoms with Gasteiger partial charge < -0.3 is 18.8 Å². The molecule has 208 valence electrons. The summed E-state index contributed by atoms with van der Waals surface area (Å²) in [6.07, 6.45) is 9.91. The second-order valence-electron chi connectivity index (χ2n) is 14.0. The fraction of sp³-hybridized carbons (Fsp3) is 0.806. The van der Waals surface area contributed by atoms with Gasteiger partial charge in [0.15, 0.2) is 0 Å². The van der Waals surface area contributed by atoms with Crippen molar-refractivity contribution in [1.29, 1.82) is 0 Å². The van der Waals surface area contributed by atoms with Crippen LogP contribution in [-0.2, 0) is 14.3 Å². The monoisotopic (exact) mass is 524 g/mol. The number of hydrogen-bond acceptors (Lipinski definition) is 7. The third-order valence-electron chi connectivity index (χ3n) is 12.5. The lowest BCUT2D eigenvalue weighted by Crippen LogP contribution is -2.59. The Hall–Kier alpha value is -1.70. The fourth-order valence-electron chi connectivity index (χ4n) is 10.6. The lowest BCUT2D eigenvalue weighted by molar-refractivity contribution is -0.157. The molecule has 2 aliphatic heterocycles. The first kappa shape index (κ1) is 25.3. The summed E-state index contributed by atoms with van der Waals surface area (Å²) in [5, 5.41) is 0. The standard InChI is InChI=1S/C31H44N2O5/c1-19(34)37-27-26(20-5-8-25(35)36-18-20)30(3)12-10-23-24(31(30)28(27)38-31)7-6-21-17-22(9-11-29(21,23)2)33-15-13-32(4)14-16-33/h5,8,18,21-24,26-28H,6-7,9-17H2,1-4H3/t21-,22+,23+,24-,26+,27-,28-,29+,30-,31-/m1/s1. The van der Waals surface area contributed by atoms with E-state index in [4.69, 9.17) is 13.9 Å². The van der Waals surface area contributed by atoms with Crippen molar-refractivity contribution in [2.75, 3.05) is 33.2 Å². The number of hydrogen-bond donors (Lipinski definition) is 0.